The fourth-order valence-electron chi connectivity index (χ4n) is 2.32. The lowest BCUT2D eigenvalue weighted by Crippen LogP contribution is -2.43. The Hall–Kier alpha value is -0.770. The first-order valence-electron chi connectivity index (χ1n) is 5.54. The van der Waals surface area contributed by atoms with E-state index in [1.54, 1.807) is 4.90 Å². The summed E-state index contributed by atoms with van der Waals surface area (Å²) in [5.74, 6) is 0.606. The molecule has 0 spiro atoms. The monoisotopic (exact) mass is 213 g/mol. The Morgan fingerprint density at radius 1 is 1.47 bits per heavy atom. The second kappa shape index (κ2) is 3.37. The summed E-state index contributed by atoms with van der Waals surface area (Å²) in [7, 11) is 0. The molecule has 4 nitrogen and oxygen atoms in total. The molecule has 0 aromatic carbocycles. The van der Waals surface area contributed by atoms with Crippen LogP contribution < -0.4 is 0 Å². The zero-order valence-corrected chi connectivity index (χ0v) is 9.56. The number of hydrogen-bond donors (Lipinski definition) is 1. The van der Waals surface area contributed by atoms with Crippen molar-refractivity contribution >= 4 is 6.09 Å². The van der Waals surface area contributed by atoms with Gasteiger partial charge in [-0.15, -0.1) is 0 Å². The van der Waals surface area contributed by atoms with E-state index in [0.29, 0.717) is 12.0 Å². The first-order valence-corrected chi connectivity index (χ1v) is 5.54. The minimum absolute atomic E-state index is 0.0244. The normalized spacial score (nSPS) is 33.9. The highest BCUT2D eigenvalue weighted by molar-refractivity contribution is 5.70. The standard InChI is InChI=1S/C11H19NO3/c1-11(2,3)15-10(14)12-8(6-13)4-7-5-9(7)12/h7-9,13H,4-6H2,1-3H3/t7?,8-,9?/m0/s1. The number of fused-ring (bicyclic) bond motifs is 1. The minimum atomic E-state index is -0.454. The van der Waals surface area contributed by atoms with Crippen LogP contribution in [0.4, 0.5) is 4.79 Å². The van der Waals surface area contributed by atoms with E-state index in [2.05, 4.69) is 0 Å². The van der Waals surface area contributed by atoms with E-state index in [1.807, 2.05) is 20.8 Å². The van der Waals surface area contributed by atoms with Gasteiger partial charge in [-0.05, 0) is 39.5 Å². The molecule has 2 rings (SSSR count). The van der Waals surface area contributed by atoms with Crippen LogP contribution in [0.25, 0.3) is 0 Å². The van der Waals surface area contributed by atoms with Crippen molar-refractivity contribution in [2.75, 3.05) is 6.61 Å². The van der Waals surface area contributed by atoms with Crippen molar-refractivity contribution in [3.8, 4) is 0 Å². The fourth-order valence-corrected chi connectivity index (χ4v) is 2.32. The molecule has 15 heavy (non-hydrogen) atoms. The molecule has 2 fully saturated rings. The molecule has 1 heterocycles. The zero-order valence-electron chi connectivity index (χ0n) is 9.56. The quantitative estimate of drug-likeness (QED) is 0.715. The number of ether oxygens (including phenoxy) is 1. The van der Waals surface area contributed by atoms with Crippen LogP contribution in [0, 0.1) is 5.92 Å². The largest absolute Gasteiger partial charge is 0.444 e. The van der Waals surface area contributed by atoms with Gasteiger partial charge in [0.2, 0.25) is 0 Å². The van der Waals surface area contributed by atoms with E-state index < -0.39 is 5.60 Å². The van der Waals surface area contributed by atoms with Gasteiger partial charge >= 0.3 is 6.09 Å². The lowest BCUT2D eigenvalue weighted by Gasteiger charge is -2.29. The van der Waals surface area contributed by atoms with Crippen LogP contribution in [0.2, 0.25) is 0 Å². The van der Waals surface area contributed by atoms with Gasteiger partial charge in [0.05, 0.1) is 12.6 Å². The van der Waals surface area contributed by atoms with E-state index in [-0.39, 0.29) is 18.7 Å². The van der Waals surface area contributed by atoms with E-state index in [4.69, 9.17) is 4.74 Å². The van der Waals surface area contributed by atoms with Crippen LogP contribution >= 0.6 is 0 Å². The lowest BCUT2D eigenvalue weighted by molar-refractivity contribution is 0.0126. The van der Waals surface area contributed by atoms with E-state index >= 15 is 0 Å². The van der Waals surface area contributed by atoms with E-state index in [9.17, 15) is 9.90 Å². The molecule has 1 saturated heterocycles. The molecule has 1 saturated carbocycles. The summed E-state index contributed by atoms with van der Waals surface area (Å²) in [6, 6.07) is 0.306. The van der Waals surface area contributed by atoms with Gasteiger partial charge in [0, 0.05) is 6.04 Å². The smallest absolute Gasteiger partial charge is 0.410 e. The molecule has 0 bridgehead atoms. The van der Waals surface area contributed by atoms with Gasteiger partial charge in [-0.2, -0.15) is 0 Å². The number of hydrogen-bond acceptors (Lipinski definition) is 3. The highest BCUT2D eigenvalue weighted by Gasteiger charge is 2.54. The third kappa shape index (κ3) is 2.09. The zero-order chi connectivity index (χ0) is 11.2. The summed E-state index contributed by atoms with van der Waals surface area (Å²) in [5, 5.41) is 9.17. The molecule has 1 amide bonds. The van der Waals surface area contributed by atoms with Crippen molar-refractivity contribution in [3.63, 3.8) is 0 Å². The third-order valence-electron chi connectivity index (χ3n) is 3.03. The maximum Gasteiger partial charge on any atom is 0.410 e. The van der Waals surface area contributed by atoms with Crippen LogP contribution in [0.3, 0.4) is 0 Å². The maximum absolute atomic E-state index is 11.9. The molecule has 0 aromatic heterocycles. The van der Waals surface area contributed by atoms with Crippen LogP contribution in [-0.4, -0.2) is 40.4 Å². The Labute approximate surface area is 90.2 Å². The molecule has 4 heteroatoms. The molecule has 2 aliphatic rings. The van der Waals surface area contributed by atoms with Crippen LogP contribution in [0.15, 0.2) is 0 Å². The van der Waals surface area contributed by atoms with Gasteiger partial charge in [0.1, 0.15) is 5.60 Å². The molecule has 1 N–H and O–H groups in total. The second-order valence-corrected chi connectivity index (χ2v) is 5.52. The molecular formula is C11H19NO3. The van der Waals surface area contributed by atoms with Gasteiger partial charge in [-0.25, -0.2) is 4.79 Å². The Balaban J connectivity index is 1.99. The van der Waals surface area contributed by atoms with Gasteiger partial charge in [-0.1, -0.05) is 0 Å². The number of piperidine rings is 1. The predicted molar refractivity (Wildman–Crippen MR) is 55.5 cm³/mol. The number of likely N-dealkylation sites (tertiary alicyclic amines) is 1. The van der Waals surface area contributed by atoms with Gasteiger partial charge in [-0.3, -0.25) is 4.90 Å². The number of nitrogens with zero attached hydrogens (tertiary/aromatic N) is 1. The van der Waals surface area contributed by atoms with Crippen molar-refractivity contribution in [1.29, 1.82) is 0 Å². The fraction of sp³-hybridized carbons (Fsp3) is 0.909. The first kappa shape index (κ1) is 10.7. The van der Waals surface area contributed by atoms with Gasteiger partial charge in [0.25, 0.3) is 0 Å². The number of amides is 1. The molecule has 1 aliphatic heterocycles. The van der Waals surface area contributed by atoms with Gasteiger partial charge < -0.3 is 9.84 Å². The van der Waals surface area contributed by atoms with Crippen molar-refractivity contribution in [3.05, 3.63) is 0 Å². The summed E-state index contributed by atoms with van der Waals surface area (Å²) in [5.41, 5.74) is -0.454. The lowest BCUT2D eigenvalue weighted by atomic mass is 10.2. The van der Waals surface area contributed by atoms with E-state index in [0.717, 1.165) is 12.8 Å². The average Bonchev–Trinajstić information content (AvgIpc) is 2.73. The summed E-state index contributed by atoms with van der Waals surface area (Å²) < 4.78 is 5.33. The molecule has 3 atom stereocenters. The second-order valence-electron chi connectivity index (χ2n) is 5.52. The molecule has 2 unspecified atom stereocenters. The average molecular weight is 213 g/mol. The third-order valence-corrected chi connectivity index (χ3v) is 3.03. The highest BCUT2D eigenvalue weighted by Crippen LogP contribution is 2.48. The predicted octanol–water partition coefficient (Wildman–Crippen LogP) is 1.38. The Morgan fingerprint density at radius 3 is 2.67 bits per heavy atom. The Kier molecular flexibility index (Phi) is 2.41. The number of carbonyl (C=O) groups is 1. The van der Waals surface area contributed by atoms with Crippen LogP contribution in [0.5, 0.6) is 0 Å². The van der Waals surface area contributed by atoms with Gasteiger partial charge in [0.15, 0.2) is 0 Å². The molecular weight excluding hydrogens is 194 g/mol. The van der Waals surface area contributed by atoms with Crippen molar-refractivity contribution in [2.45, 2.75) is 51.3 Å². The topological polar surface area (TPSA) is 49.8 Å². The van der Waals surface area contributed by atoms with Crippen LogP contribution in [-0.2, 0) is 4.74 Å². The summed E-state index contributed by atoms with van der Waals surface area (Å²) in [4.78, 5) is 13.6. The Bertz CT molecular complexity index is 271. The number of aliphatic hydroxyl groups is 1. The number of aliphatic hydroxyl groups excluding tert-OH is 1. The molecule has 0 aromatic rings. The number of rotatable bonds is 1. The van der Waals surface area contributed by atoms with Crippen LogP contribution in [0.1, 0.15) is 33.6 Å². The summed E-state index contributed by atoms with van der Waals surface area (Å²) in [6.45, 7) is 5.63. The molecule has 86 valence electrons. The van der Waals surface area contributed by atoms with E-state index in [1.165, 1.54) is 0 Å². The first-order chi connectivity index (χ1) is 6.92. The summed E-state index contributed by atoms with van der Waals surface area (Å²) in [6.07, 6.45) is 1.74. The highest BCUT2D eigenvalue weighted by atomic mass is 16.6. The maximum atomic E-state index is 11.9. The summed E-state index contributed by atoms with van der Waals surface area (Å²) >= 11 is 0. The minimum Gasteiger partial charge on any atom is -0.444 e. The number of carbonyl (C=O) groups excluding carboxylic acids is 1. The van der Waals surface area contributed by atoms with Crippen molar-refractivity contribution < 1.29 is 14.6 Å². The molecule has 0 radical (unpaired) electrons. The van der Waals surface area contributed by atoms with Crippen molar-refractivity contribution in [1.82, 2.24) is 4.90 Å². The molecule has 1 aliphatic carbocycles. The SMILES string of the molecule is CC(C)(C)OC(=O)N1C2CC2C[C@H]1CO. The Morgan fingerprint density at radius 2 is 2.13 bits per heavy atom. The van der Waals surface area contributed by atoms with Crippen molar-refractivity contribution in [2.24, 2.45) is 5.92 Å².